The Morgan fingerprint density at radius 1 is 1.07 bits per heavy atom. The van der Waals surface area contributed by atoms with Crippen molar-refractivity contribution in [2.75, 3.05) is 30.7 Å². The van der Waals surface area contributed by atoms with Crippen LogP contribution in [0.1, 0.15) is 10.4 Å². The van der Waals surface area contributed by atoms with Crippen LogP contribution in [0.5, 0.6) is 11.5 Å². The SMILES string of the molecule is COc1ccc(Nc2ncnc(NNC(=O)c3cccc(Cl)c3)c2N)c(OC)c1. The van der Waals surface area contributed by atoms with E-state index in [0.29, 0.717) is 33.6 Å². The van der Waals surface area contributed by atoms with Crippen LogP contribution >= 0.6 is 11.6 Å². The van der Waals surface area contributed by atoms with Gasteiger partial charge in [-0.1, -0.05) is 17.7 Å². The minimum Gasteiger partial charge on any atom is -0.497 e. The maximum Gasteiger partial charge on any atom is 0.269 e. The first kappa shape index (κ1) is 20.0. The Bertz CT molecular complexity index is 1030. The summed E-state index contributed by atoms with van der Waals surface area (Å²) in [5, 5.41) is 3.54. The third kappa shape index (κ3) is 4.77. The topological polar surface area (TPSA) is 123 Å². The third-order valence-corrected chi connectivity index (χ3v) is 4.16. The highest BCUT2D eigenvalue weighted by atomic mass is 35.5. The number of nitrogens with two attached hydrogens (primary N) is 1. The van der Waals surface area contributed by atoms with Gasteiger partial charge < -0.3 is 20.5 Å². The third-order valence-electron chi connectivity index (χ3n) is 3.93. The van der Waals surface area contributed by atoms with Crippen molar-refractivity contribution in [2.45, 2.75) is 0 Å². The monoisotopic (exact) mass is 414 g/mol. The van der Waals surface area contributed by atoms with E-state index in [0.717, 1.165) is 0 Å². The van der Waals surface area contributed by atoms with Gasteiger partial charge in [0.2, 0.25) is 0 Å². The number of rotatable bonds is 7. The number of halogens is 1. The quantitative estimate of drug-likeness (QED) is 0.434. The Balaban J connectivity index is 1.75. The number of ether oxygens (including phenoxy) is 2. The van der Waals surface area contributed by atoms with E-state index in [1.807, 2.05) is 0 Å². The molecule has 0 saturated carbocycles. The van der Waals surface area contributed by atoms with Crippen molar-refractivity contribution in [1.82, 2.24) is 15.4 Å². The van der Waals surface area contributed by atoms with E-state index in [-0.39, 0.29) is 11.5 Å². The molecule has 0 aliphatic heterocycles. The molecule has 0 bridgehead atoms. The van der Waals surface area contributed by atoms with Crippen LogP contribution in [-0.2, 0) is 0 Å². The number of nitrogens with zero attached hydrogens (tertiary/aromatic N) is 2. The number of nitrogen functional groups attached to an aromatic ring is 1. The lowest BCUT2D eigenvalue weighted by molar-refractivity contribution is 0.0962. The van der Waals surface area contributed by atoms with E-state index in [1.165, 1.54) is 6.33 Å². The van der Waals surface area contributed by atoms with Gasteiger partial charge in [0.15, 0.2) is 11.6 Å². The Hall–Kier alpha value is -3.72. The number of carbonyl (C=O) groups is 1. The summed E-state index contributed by atoms with van der Waals surface area (Å²) < 4.78 is 10.5. The zero-order chi connectivity index (χ0) is 20.8. The molecule has 150 valence electrons. The number of benzene rings is 2. The fourth-order valence-electron chi connectivity index (χ4n) is 2.44. The average Bonchev–Trinajstić information content (AvgIpc) is 2.74. The maximum atomic E-state index is 12.2. The molecule has 0 unspecified atom stereocenters. The van der Waals surface area contributed by atoms with Crippen molar-refractivity contribution in [3.63, 3.8) is 0 Å². The molecule has 3 rings (SSSR count). The predicted molar refractivity (Wildman–Crippen MR) is 112 cm³/mol. The molecule has 0 spiro atoms. The molecular formula is C19H19ClN6O3. The fourth-order valence-corrected chi connectivity index (χ4v) is 2.63. The smallest absolute Gasteiger partial charge is 0.269 e. The van der Waals surface area contributed by atoms with Crippen LogP contribution in [0.2, 0.25) is 5.02 Å². The van der Waals surface area contributed by atoms with Gasteiger partial charge in [-0.05, 0) is 30.3 Å². The number of hydrazine groups is 1. The number of methoxy groups -OCH3 is 2. The summed E-state index contributed by atoms with van der Waals surface area (Å²) in [5.41, 5.74) is 12.6. The molecule has 0 radical (unpaired) electrons. The average molecular weight is 415 g/mol. The van der Waals surface area contributed by atoms with E-state index in [4.69, 9.17) is 26.8 Å². The maximum absolute atomic E-state index is 12.2. The van der Waals surface area contributed by atoms with Crippen molar-refractivity contribution in [2.24, 2.45) is 0 Å². The van der Waals surface area contributed by atoms with Crippen LogP contribution in [0, 0.1) is 0 Å². The van der Waals surface area contributed by atoms with Gasteiger partial charge in [-0.3, -0.25) is 15.6 Å². The van der Waals surface area contributed by atoms with Crippen LogP contribution in [0.4, 0.5) is 23.0 Å². The van der Waals surface area contributed by atoms with Gasteiger partial charge in [0.05, 0.1) is 19.9 Å². The summed E-state index contributed by atoms with van der Waals surface area (Å²) in [7, 11) is 3.11. The number of hydrogen-bond acceptors (Lipinski definition) is 8. The van der Waals surface area contributed by atoms with Crippen LogP contribution in [0.3, 0.4) is 0 Å². The van der Waals surface area contributed by atoms with Crippen LogP contribution in [0.15, 0.2) is 48.8 Å². The summed E-state index contributed by atoms with van der Waals surface area (Å²) in [6, 6.07) is 11.8. The molecule has 1 amide bonds. The molecule has 0 fully saturated rings. The molecule has 1 heterocycles. The number of amides is 1. The molecule has 3 aromatic rings. The molecule has 0 saturated heterocycles. The number of carbonyl (C=O) groups excluding carboxylic acids is 1. The fraction of sp³-hybridized carbons (Fsp3) is 0.105. The first-order valence-corrected chi connectivity index (χ1v) is 8.81. The second-order valence-electron chi connectivity index (χ2n) is 5.77. The molecule has 0 aliphatic rings. The van der Waals surface area contributed by atoms with Crippen LogP contribution < -0.4 is 31.4 Å². The zero-order valence-electron chi connectivity index (χ0n) is 15.7. The Kier molecular flexibility index (Phi) is 6.20. The van der Waals surface area contributed by atoms with Crippen molar-refractivity contribution >= 4 is 40.5 Å². The first-order valence-electron chi connectivity index (χ1n) is 8.43. The van der Waals surface area contributed by atoms with Gasteiger partial charge in [0.25, 0.3) is 5.91 Å². The Labute approximate surface area is 172 Å². The first-order chi connectivity index (χ1) is 14.0. The second-order valence-corrected chi connectivity index (χ2v) is 6.20. The minimum atomic E-state index is -0.392. The lowest BCUT2D eigenvalue weighted by atomic mass is 10.2. The molecule has 1 aromatic heterocycles. The van der Waals surface area contributed by atoms with E-state index in [2.05, 4.69) is 26.1 Å². The summed E-state index contributed by atoms with van der Waals surface area (Å²) in [5.74, 6) is 1.37. The van der Waals surface area contributed by atoms with Gasteiger partial charge in [0, 0.05) is 16.7 Å². The van der Waals surface area contributed by atoms with Crippen molar-refractivity contribution < 1.29 is 14.3 Å². The normalized spacial score (nSPS) is 10.2. The number of nitrogens with one attached hydrogen (secondary N) is 3. The molecule has 0 aliphatic carbocycles. The highest BCUT2D eigenvalue weighted by Crippen LogP contribution is 2.33. The molecule has 29 heavy (non-hydrogen) atoms. The van der Waals surface area contributed by atoms with Gasteiger partial charge in [0.1, 0.15) is 23.5 Å². The van der Waals surface area contributed by atoms with Gasteiger partial charge in [-0.25, -0.2) is 9.97 Å². The summed E-state index contributed by atoms with van der Waals surface area (Å²) in [6.07, 6.45) is 1.31. The highest BCUT2D eigenvalue weighted by Gasteiger charge is 2.13. The largest absolute Gasteiger partial charge is 0.497 e. The summed E-state index contributed by atoms with van der Waals surface area (Å²) in [6.45, 7) is 0. The lowest BCUT2D eigenvalue weighted by Gasteiger charge is -2.15. The minimum absolute atomic E-state index is 0.205. The van der Waals surface area contributed by atoms with E-state index in [1.54, 1.807) is 56.7 Å². The van der Waals surface area contributed by atoms with Crippen LogP contribution in [0.25, 0.3) is 0 Å². The molecule has 10 heteroatoms. The van der Waals surface area contributed by atoms with Crippen LogP contribution in [-0.4, -0.2) is 30.1 Å². The van der Waals surface area contributed by atoms with Crippen molar-refractivity contribution in [3.05, 3.63) is 59.4 Å². The lowest BCUT2D eigenvalue weighted by Crippen LogP contribution is -2.30. The van der Waals surface area contributed by atoms with Gasteiger partial charge in [-0.2, -0.15) is 0 Å². The van der Waals surface area contributed by atoms with E-state index < -0.39 is 5.91 Å². The molecule has 0 atom stereocenters. The van der Waals surface area contributed by atoms with E-state index in [9.17, 15) is 4.79 Å². The molecule has 9 nitrogen and oxygen atoms in total. The Morgan fingerprint density at radius 2 is 1.86 bits per heavy atom. The standard InChI is InChI=1S/C19H19ClN6O3/c1-28-13-6-7-14(15(9-13)29-2)24-17-16(21)18(23-10-22-17)25-26-19(27)11-4-3-5-12(20)8-11/h3-10H,21H2,1-2H3,(H,26,27)(H2,22,23,24,25). The predicted octanol–water partition coefficient (Wildman–Crippen LogP) is 3.23. The zero-order valence-corrected chi connectivity index (χ0v) is 16.4. The van der Waals surface area contributed by atoms with E-state index >= 15 is 0 Å². The van der Waals surface area contributed by atoms with Gasteiger partial charge >= 0.3 is 0 Å². The van der Waals surface area contributed by atoms with Crippen molar-refractivity contribution in [3.8, 4) is 11.5 Å². The Morgan fingerprint density at radius 3 is 2.59 bits per heavy atom. The molecule has 2 aromatic carbocycles. The second kappa shape index (κ2) is 8.98. The highest BCUT2D eigenvalue weighted by molar-refractivity contribution is 6.30. The van der Waals surface area contributed by atoms with Crippen molar-refractivity contribution in [1.29, 1.82) is 0 Å². The summed E-state index contributed by atoms with van der Waals surface area (Å²) in [4.78, 5) is 20.4. The van der Waals surface area contributed by atoms with Gasteiger partial charge in [-0.15, -0.1) is 0 Å². The number of hydrogen-bond donors (Lipinski definition) is 4. The molecular weight excluding hydrogens is 396 g/mol. The molecule has 5 N–H and O–H groups in total. The number of anilines is 4. The summed E-state index contributed by atoms with van der Waals surface area (Å²) >= 11 is 5.91. The number of aromatic nitrogens is 2.